The predicted octanol–water partition coefficient (Wildman–Crippen LogP) is 2.99. The van der Waals surface area contributed by atoms with Crippen LogP contribution in [0.4, 0.5) is 0 Å². The average Bonchev–Trinajstić information content (AvgIpc) is 3.26. The van der Waals surface area contributed by atoms with Crippen molar-refractivity contribution in [2.45, 2.75) is 45.6 Å². The van der Waals surface area contributed by atoms with Crippen LogP contribution in [0.1, 0.15) is 38.7 Å². The summed E-state index contributed by atoms with van der Waals surface area (Å²) in [5.74, 6) is 1.75. The molecule has 0 aromatic heterocycles. The van der Waals surface area contributed by atoms with Crippen LogP contribution in [-0.2, 0) is 11.2 Å². The van der Waals surface area contributed by atoms with Gasteiger partial charge >= 0.3 is 0 Å². The Bertz CT molecular complexity index is 461. The Morgan fingerprint density at radius 2 is 2.00 bits per heavy atom. The normalized spacial score (nSPS) is 20.3. The zero-order valence-electron chi connectivity index (χ0n) is 14.6. The molecule has 2 unspecified atom stereocenters. The van der Waals surface area contributed by atoms with Crippen LogP contribution in [0.25, 0.3) is 0 Å². The summed E-state index contributed by atoms with van der Waals surface area (Å²) >= 11 is 0. The summed E-state index contributed by atoms with van der Waals surface area (Å²) in [7, 11) is 0. The maximum atomic E-state index is 5.70. The van der Waals surface area contributed by atoms with Gasteiger partial charge in [-0.15, -0.1) is 0 Å². The zero-order valence-corrected chi connectivity index (χ0v) is 14.6. The van der Waals surface area contributed by atoms with E-state index in [-0.39, 0.29) is 0 Å². The molecule has 2 rings (SSSR count). The number of unbranched alkanes of at least 4 members (excludes halogenated alkanes) is 1. The van der Waals surface area contributed by atoms with Gasteiger partial charge in [-0.2, -0.15) is 0 Å². The van der Waals surface area contributed by atoms with E-state index in [1.807, 2.05) is 6.07 Å². The number of rotatable bonds is 10. The van der Waals surface area contributed by atoms with Gasteiger partial charge in [0.25, 0.3) is 0 Å². The molecule has 2 atom stereocenters. The molecule has 0 aliphatic heterocycles. The summed E-state index contributed by atoms with van der Waals surface area (Å²) in [5, 5.41) is 6.79. The van der Waals surface area contributed by atoms with Crippen molar-refractivity contribution in [3.05, 3.63) is 35.9 Å². The Kier molecular flexibility index (Phi) is 7.95. The molecule has 0 amide bonds. The van der Waals surface area contributed by atoms with Crippen LogP contribution in [0.5, 0.6) is 0 Å². The minimum Gasteiger partial charge on any atom is -0.381 e. The highest BCUT2D eigenvalue weighted by atomic mass is 16.5. The third-order valence-electron chi connectivity index (χ3n) is 4.12. The van der Waals surface area contributed by atoms with Gasteiger partial charge in [0.2, 0.25) is 0 Å². The molecule has 0 radical (unpaired) electrons. The third kappa shape index (κ3) is 7.51. The highest BCUT2D eigenvalue weighted by Crippen LogP contribution is 2.28. The smallest absolute Gasteiger partial charge is 0.191 e. The summed E-state index contributed by atoms with van der Waals surface area (Å²) in [5.41, 5.74) is 1.34. The predicted molar refractivity (Wildman–Crippen MR) is 96.9 cm³/mol. The SMILES string of the molecule is CCNC(=NCCCCOCCc1ccccc1)NC1CC1C. The Labute approximate surface area is 140 Å². The van der Waals surface area contributed by atoms with Crippen molar-refractivity contribution in [1.29, 1.82) is 0 Å². The van der Waals surface area contributed by atoms with Gasteiger partial charge in [-0.05, 0) is 44.1 Å². The van der Waals surface area contributed by atoms with Gasteiger partial charge < -0.3 is 15.4 Å². The molecular formula is C19H31N3O. The fraction of sp³-hybridized carbons (Fsp3) is 0.632. The molecule has 1 aromatic rings. The van der Waals surface area contributed by atoms with Crippen LogP contribution in [0.3, 0.4) is 0 Å². The van der Waals surface area contributed by atoms with E-state index in [1.165, 1.54) is 12.0 Å². The number of nitrogens with one attached hydrogen (secondary N) is 2. The molecule has 4 nitrogen and oxygen atoms in total. The van der Waals surface area contributed by atoms with Crippen molar-refractivity contribution in [1.82, 2.24) is 10.6 Å². The number of ether oxygens (including phenoxy) is 1. The molecule has 0 bridgehead atoms. The first-order chi connectivity index (χ1) is 11.3. The number of benzene rings is 1. The summed E-state index contributed by atoms with van der Waals surface area (Å²) in [6.45, 7) is 7.78. The van der Waals surface area contributed by atoms with Crippen LogP contribution < -0.4 is 10.6 Å². The minimum atomic E-state index is 0.620. The van der Waals surface area contributed by atoms with Crippen LogP contribution in [-0.4, -0.2) is 38.3 Å². The molecular weight excluding hydrogens is 286 g/mol. The molecule has 23 heavy (non-hydrogen) atoms. The van der Waals surface area contributed by atoms with Crippen LogP contribution >= 0.6 is 0 Å². The fourth-order valence-corrected chi connectivity index (χ4v) is 2.46. The maximum Gasteiger partial charge on any atom is 0.191 e. The molecule has 1 saturated carbocycles. The quantitative estimate of drug-likeness (QED) is 0.396. The lowest BCUT2D eigenvalue weighted by Crippen LogP contribution is -2.39. The number of nitrogens with zero attached hydrogens (tertiary/aromatic N) is 1. The van der Waals surface area contributed by atoms with Gasteiger partial charge in [-0.3, -0.25) is 4.99 Å². The van der Waals surface area contributed by atoms with E-state index >= 15 is 0 Å². The lowest BCUT2D eigenvalue weighted by molar-refractivity contribution is 0.134. The Hall–Kier alpha value is -1.55. The molecule has 2 N–H and O–H groups in total. The molecule has 0 saturated heterocycles. The van der Waals surface area contributed by atoms with Crippen LogP contribution in [0.15, 0.2) is 35.3 Å². The summed E-state index contributed by atoms with van der Waals surface area (Å²) in [6, 6.07) is 11.1. The van der Waals surface area contributed by atoms with Crippen LogP contribution in [0, 0.1) is 5.92 Å². The van der Waals surface area contributed by atoms with Crippen LogP contribution in [0.2, 0.25) is 0 Å². The van der Waals surface area contributed by atoms with E-state index < -0.39 is 0 Å². The highest BCUT2D eigenvalue weighted by molar-refractivity contribution is 5.80. The van der Waals surface area contributed by atoms with Gasteiger partial charge in [0.15, 0.2) is 5.96 Å². The van der Waals surface area contributed by atoms with E-state index in [0.717, 1.165) is 57.4 Å². The van der Waals surface area contributed by atoms with E-state index in [0.29, 0.717) is 6.04 Å². The zero-order chi connectivity index (χ0) is 16.3. The Balaban J connectivity index is 1.49. The summed E-state index contributed by atoms with van der Waals surface area (Å²) < 4.78 is 5.70. The van der Waals surface area contributed by atoms with E-state index in [4.69, 9.17) is 4.74 Å². The highest BCUT2D eigenvalue weighted by Gasteiger charge is 2.33. The molecule has 4 heteroatoms. The first-order valence-electron chi connectivity index (χ1n) is 8.96. The maximum absolute atomic E-state index is 5.70. The Morgan fingerprint density at radius 1 is 1.22 bits per heavy atom. The fourth-order valence-electron chi connectivity index (χ4n) is 2.46. The largest absolute Gasteiger partial charge is 0.381 e. The molecule has 0 spiro atoms. The van der Waals surface area contributed by atoms with Crippen molar-refractivity contribution in [3.8, 4) is 0 Å². The van der Waals surface area contributed by atoms with Crippen molar-refractivity contribution >= 4 is 5.96 Å². The van der Waals surface area contributed by atoms with Crippen molar-refractivity contribution in [2.24, 2.45) is 10.9 Å². The van der Waals surface area contributed by atoms with Crippen molar-refractivity contribution < 1.29 is 4.74 Å². The van der Waals surface area contributed by atoms with Crippen molar-refractivity contribution in [2.75, 3.05) is 26.3 Å². The van der Waals surface area contributed by atoms with Gasteiger partial charge in [0, 0.05) is 25.7 Å². The minimum absolute atomic E-state index is 0.620. The topological polar surface area (TPSA) is 45.7 Å². The second kappa shape index (κ2) is 10.3. The first kappa shape index (κ1) is 17.8. The Morgan fingerprint density at radius 3 is 2.70 bits per heavy atom. The molecule has 128 valence electrons. The monoisotopic (exact) mass is 317 g/mol. The molecule has 1 aromatic carbocycles. The summed E-state index contributed by atoms with van der Waals surface area (Å²) in [6.07, 6.45) is 4.40. The molecule has 1 aliphatic rings. The molecule has 1 aliphatic carbocycles. The number of aliphatic imine (C=N–C) groups is 1. The van der Waals surface area contributed by atoms with Gasteiger partial charge in [0.05, 0.1) is 6.61 Å². The lowest BCUT2D eigenvalue weighted by atomic mass is 10.2. The average molecular weight is 317 g/mol. The van der Waals surface area contributed by atoms with E-state index in [9.17, 15) is 0 Å². The molecule has 1 fully saturated rings. The lowest BCUT2D eigenvalue weighted by Gasteiger charge is -2.10. The van der Waals surface area contributed by atoms with Gasteiger partial charge in [0.1, 0.15) is 0 Å². The number of hydrogen-bond donors (Lipinski definition) is 2. The molecule has 0 heterocycles. The second-order valence-corrected chi connectivity index (χ2v) is 6.28. The number of guanidine groups is 1. The standard InChI is InChI=1S/C19H31N3O/c1-3-20-19(22-18-15-16(18)2)21-12-7-8-13-23-14-11-17-9-5-4-6-10-17/h4-6,9-10,16,18H,3,7-8,11-15H2,1-2H3,(H2,20,21,22). The third-order valence-corrected chi connectivity index (χ3v) is 4.12. The van der Waals surface area contributed by atoms with Crippen molar-refractivity contribution in [3.63, 3.8) is 0 Å². The summed E-state index contributed by atoms with van der Waals surface area (Å²) in [4.78, 5) is 4.63. The van der Waals surface area contributed by atoms with E-state index in [1.54, 1.807) is 0 Å². The number of hydrogen-bond acceptors (Lipinski definition) is 2. The van der Waals surface area contributed by atoms with Gasteiger partial charge in [-0.25, -0.2) is 0 Å². The first-order valence-corrected chi connectivity index (χ1v) is 8.96. The second-order valence-electron chi connectivity index (χ2n) is 6.28. The van der Waals surface area contributed by atoms with E-state index in [2.05, 4.69) is 53.7 Å². The van der Waals surface area contributed by atoms with Gasteiger partial charge in [-0.1, -0.05) is 37.3 Å².